The monoisotopic (exact) mass is 1070 g/mol. The van der Waals surface area contributed by atoms with Gasteiger partial charge in [0, 0.05) is 11.1 Å². The molecule has 10 aromatic carbocycles. The Morgan fingerprint density at radius 1 is 0.420 bits per heavy atom. The predicted molar refractivity (Wildman–Crippen MR) is 321 cm³/mol. The van der Waals surface area contributed by atoms with Crippen molar-refractivity contribution in [1.29, 1.82) is 0 Å². The lowest BCUT2D eigenvalue weighted by atomic mass is 9.66. The fourth-order valence-corrected chi connectivity index (χ4v) is 11.1. The molecule has 2 N–H and O–H groups in total. The number of benzene rings is 10. The Morgan fingerprint density at radius 3 is 1.27 bits per heavy atom. The number of carbonyl (C=O) groups is 2. The first-order chi connectivity index (χ1) is 39.4. The fourth-order valence-electron chi connectivity index (χ4n) is 11.1. The second kappa shape index (κ2) is 23.8. The van der Waals surface area contributed by atoms with Gasteiger partial charge in [-0.3, -0.25) is 0 Å². The number of carbonyl (C=O) groups excluding carboxylic acids is 2. The summed E-state index contributed by atoms with van der Waals surface area (Å²) in [6.07, 6.45) is -1.94. The lowest BCUT2D eigenvalue weighted by Gasteiger charge is -2.35. The quantitative estimate of drug-likeness (QED) is 0.0384. The van der Waals surface area contributed by atoms with Gasteiger partial charge < -0.3 is 38.6 Å². The van der Waals surface area contributed by atoms with Gasteiger partial charge in [-0.05, 0) is 161 Å². The molecule has 10 nitrogen and oxygen atoms in total. The smallest absolute Gasteiger partial charge is 0.333 e. The number of fused-ring (bicyclic) bond motifs is 7. The predicted octanol–water partition coefficient (Wildman–Crippen LogP) is 13.7. The maximum absolute atomic E-state index is 11.8. The molecule has 2 atom stereocenters. The zero-order valence-electron chi connectivity index (χ0n) is 45.4. The summed E-state index contributed by atoms with van der Waals surface area (Å²) in [5, 5.41) is 29.3. The summed E-state index contributed by atoms with van der Waals surface area (Å²) in [6, 6.07) is 70.0. The van der Waals surface area contributed by atoms with Gasteiger partial charge in [0.2, 0.25) is 0 Å². The van der Waals surface area contributed by atoms with E-state index >= 15 is 0 Å². The third kappa shape index (κ3) is 11.3. The van der Waals surface area contributed by atoms with Crippen LogP contribution >= 0.6 is 0 Å². The van der Waals surface area contributed by atoms with Crippen LogP contribution in [-0.2, 0) is 34.0 Å². The fraction of sp³-hybridized carbons (Fsp3) is 0.183. The van der Waals surface area contributed by atoms with Crippen molar-refractivity contribution < 1.29 is 48.2 Å². The van der Waals surface area contributed by atoms with E-state index in [9.17, 15) is 19.8 Å². The van der Waals surface area contributed by atoms with Gasteiger partial charge in [-0.25, -0.2) is 9.59 Å². The van der Waals surface area contributed by atoms with Gasteiger partial charge in [-0.2, -0.15) is 0 Å². The molecule has 406 valence electrons. The second-order valence-electron chi connectivity index (χ2n) is 20.7. The van der Waals surface area contributed by atoms with Crippen molar-refractivity contribution in [3.05, 3.63) is 241 Å². The van der Waals surface area contributed by atoms with Gasteiger partial charge >= 0.3 is 11.9 Å². The maximum atomic E-state index is 11.8. The van der Waals surface area contributed by atoms with E-state index in [-0.39, 0.29) is 64.0 Å². The first-order valence-corrected chi connectivity index (χ1v) is 27.2. The minimum Gasteiger partial charge on any atom is -0.491 e. The number of aliphatic hydroxyl groups is 2. The van der Waals surface area contributed by atoms with Gasteiger partial charge in [-0.1, -0.05) is 159 Å². The molecule has 0 amide bonds. The molecule has 11 rings (SSSR count). The van der Waals surface area contributed by atoms with Crippen LogP contribution in [0.1, 0.15) is 36.1 Å². The zero-order chi connectivity index (χ0) is 56.0. The topological polar surface area (TPSA) is 130 Å². The highest BCUT2D eigenvalue weighted by Crippen LogP contribution is 2.58. The maximum Gasteiger partial charge on any atom is 0.333 e. The molecule has 1 aliphatic carbocycles. The highest BCUT2D eigenvalue weighted by atomic mass is 16.6. The average Bonchev–Trinajstić information content (AvgIpc) is 4.05. The van der Waals surface area contributed by atoms with Crippen LogP contribution < -0.4 is 9.47 Å². The lowest BCUT2D eigenvalue weighted by molar-refractivity contribution is -0.143. The van der Waals surface area contributed by atoms with E-state index < -0.39 is 29.6 Å². The standard InChI is InChI=1S/C71H62O10/c1-45(2)69(74)80-43-57(72)41-76-31-33-78-59-27-21-49-35-55(25-19-51(49)37-59)71(56-26-20-52-38-60(28-22-50(52)36-56)79-34-32-77-42-58(73)44-81-70(75)46(3)4)67-39-53(63-17-9-13-47-11-5-7-15-61(47)63)23-29-65(67)66-30-24-54(40-68(66)71)64-18-10-14-48-12-6-8-16-62(48)64/h5-30,35-40,57-58,72-73H,1,3,31-34,41-44H2,2,4H3. The first kappa shape index (κ1) is 54.1. The van der Waals surface area contributed by atoms with Crippen LogP contribution in [0.25, 0.3) is 76.5 Å². The summed E-state index contributed by atoms with van der Waals surface area (Å²) in [7, 11) is 0. The molecular formula is C71H62O10. The van der Waals surface area contributed by atoms with E-state index in [4.69, 9.17) is 28.4 Å². The number of ether oxygens (including phenoxy) is 6. The minimum atomic E-state index is -0.970. The molecular weight excluding hydrogens is 1010 g/mol. The largest absolute Gasteiger partial charge is 0.491 e. The Hall–Kier alpha value is -8.90. The van der Waals surface area contributed by atoms with Gasteiger partial charge in [0.15, 0.2) is 0 Å². The van der Waals surface area contributed by atoms with Crippen molar-refractivity contribution in [1.82, 2.24) is 0 Å². The van der Waals surface area contributed by atoms with Crippen molar-refractivity contribution in [2.75, 3.05) is 52.9 Å². The molecule has 0 heterocycles. The SMILES string of the molecule is C=C(C)C(=O)OCC(O)COCCOc1ccc2cc(C3(c4ccc5cc(OCCOCC(O)COC(=O)C(=C)C)ccc5c4)c4cc(-c5cccc6ccccc56)ccc4-c4ccc(-c5cccc6ccccc56)cc43)ccc2c1. The zero-order valence-corrected chi connectivity index (χ0v) is 45.4. The molecule has 0 fully saturated rings. The third-order valence-electron chi connectivity index (χ3n) is 15.0. The van der Waals surface area contributed by atoms with E-state index in [1.807, 2.05) is 24.3 Å². The lowest BCUT2D eigenvalue weighted by Crippen LogP contribution is -2.28. The van der Waals surface area contributed by atoms with Gasteiger partial charge in [0.1, 0.15) is 50.1 Å². The number of rotatable bonds is 22. The van der Waals surface area contributed by atoms with Gasteiger partial charge in [0.05, 0.1) is 31.8 Å². The van der Waals surface area contributed by atoms with Crippen molar-refractivity contribution in [2.24, 2.45) is 0 Å². The molecule has 0 aliphatic heterocycles. The second-order valence-corrected chi connectivity index (χ2v) is 20.7. The minimum absolute atomic E-state index is 0.00909. The molecule has 10 aromatic rings. The molecule has 0 radical (unpaired) electrons. The molecule has 0 spiro atoms. The highest BCUT2D eigenvalue weighted by Gasteiger charge is 2.47. The number of hydrogen-bond donors (Lipinski definition) is 2. The van der Waals surface area contributed by atoms with Crippen LogP contribution in [0.2, 0.25) is 0 Å². The van der Waals surface area contributed by atoms with Crippen LogP contribution in [0.3, 0.4) is 0 Å². The first-order valence-electron chi connectivity index (χ1n) is 27.2. The van der Waals surface area contributed by atoms with Crippen LogP contribution in [-0.4, -0.2) is 87.2 Å². The molecule has 0 bridgehead atoms. The molecule has 10 heteroatoms. The van der Waals surface area contributed by atoms with Gasteiger partial charge in [0.25, 0.3) is 0 Å². The van der Waals surface area contributed by atoms with Crippen molar-refractivity contribution in [3.63, 3.8) is 0 Å². The number of hydrogen-bond acceptors (Lipinski definition) is 10. The molecule has 1 aliphatic rings. The van der Waals surface area contributed by atoms with Gasteiger partial charge in [-0.15, -0.1) is 0 Å². The molecule has 2 unspecified atom stereocenters. The summed E-state index contributed by atoms with van der Waals surface area (Å²) in [5.41, 5.74) is 11.2. The van der Waals surface area contributed by atoms with Crippen LogP contribution in [0.15, 0.2) is 218 Å². The molecule has 81 heavy (non-hydrogen) atoms. The summed E-state index contributed by atoms with van der Waals surface area (Å²) >= 11 is 0. The Bertz CT molecular complexity index is 3760. The van der Waals surface area contributed by atoms with Crippen LogP contribution in [0.4, 0.5) is 0 Å². The van der Waals surface area contributed by atoms with E-state index in [0.717, 1.165) is 66.1 Å². The normalized spacial score (nSPS) is 13.1. The molecule has 0 aromatic heterocycles. The summed E-state index contributed by atoms with van der Waals surface area (Å²) in [5.74, 6) is 0.257. The number of aliphatic hydroxyl groups excluding tert-OH is 2. The van der Waals surface area contributed by atoms with E-state index in [1.54, 1.807) is 13.8 Å². The summed E-state index contributed by atoms with van der Waals surface area (Å²) < 4.78 is 33.8. The summed E-state index contributed by atoms with van der Waals surface area (Å²) in [4.78, 5) is 23.5. The van der Waals surface area contributed by atoms with Crippen molar-refractivity contribution in [2.45, 2.75) is 31.5 Å². The summed E-state index contributed by atoms with van der Waals surface area (Å²) in [6.45, 7) is 10.8. The molecule has 0 saturated carbocycles. The van der Waals surface area contributed by atoms with Crippen LogP contribution in [0.5, 0.6) is 11.5 Å². The average molecular weight is 1080 g/mol. The Kier molecular flexibility index (Phi) is 15.9. The van der Waals surface area contributed by atoms with E-state index in [0.29, 0.717) is 11.5 Å². The third-order valence-corrected chi connectivity index (χ3v) is 15.0. The van der Waals surface area contributed by atoms with Crippen molar-refractivity contribution >= 4 is 55.0 Å². The Morgan fingerprint density at radius 2 is 0.827 bits per heavy atom. The highest BCUT2D eigenvalue weighted by molar-refractivity contribution is 6.01. The van der Waals surface area contributed by atoms with E-state index in [2.05, 4.69) is 183 Å². The van der Waals surface area contributed by atoms with E-state index in [1.165, 1.54) is 32.7 Å². The Balaban J connectivity index is 0.982. The number of esters is 2. The van der Waals surface area contributed by atoms with Crippen molar-refractivity contribution in [3.8, 4) is 44.9 Å². The van der Waals surface area contributed by atoms with Crippen LogP contribution in [0, 0.1) is 0 Å². The molecule has 0 saturated heterocycles. The Labute approximate surface area is 471 Å².